The van der Waals surface area contributed by atoms with Gasteiger partial charge >= 0.3 is 0 Å². The highest BCUT2D eigenvalue weighted by Gasteiger charge is 2.40. The molecular formula is C12H16ClNOS. The molecule has 1 aromatic heterocycles. The Morgan fingerprint density at radius 3 is 2.94 bits per heavy atom. The predicted molar refractivity (Wildman–Crippen MR) is 68.5 cm³/mol. The fourth-order valence-corrected chi connectivity index (χ4v) is 3.54. The minimum atomic E-state index is -0.178. The average Bonchev–Trinajstić information content (AvgIpc) is 2.87. The number of carbonyl (C=O) groups excluding carboxylic acids is 1. The lowest BCUT2D eigenvalue weighted by Gasteiger charge is -2.25. The van der Waals surface area contributed by atoms with Gasteiger partial charge < -0.3 is 5.32 Å². The summed E-state index contributed by atoms with van der Waals surface area (Å²) in [6.07, 6.45) is 2.97. The molecule has 2 heterocycles. The van der Waals surface area contributed by atoms with Gasteiger partial charge in [-0.1, -0.05) is 24.9 Å². The molecule has 0 amide bonds. The van der Waals surface area contributed by atoms with Gasteiger partial charge in [-0.05, 0) is 31.5 Å². The molecule has 1 saturated heterocycles. The molecule has 2 nitrogen and oxygen atoms in total. The molecule has 16 heavy (non-hydrogen) atoms. The number of halogens is 1. The second kappa shape index (κ2) is 4.86. The number of rotatable bonds is 4. The van der Waals surface area contributed by atoms with Gasteiger partial charge in [-0.15, -0.1) is 11.3 Å². The van der Waals surface area contributed by atoms with Crippen molar-refractivity contribution < 1.29 is 4.79 Å². The van der Waals surface area contributed by atoms with Crippen molar-refractivity contribution in [2.24, 2.45) is 5.41 Å². The number of hydrogen-bond donors (Lipinski definition) is 1. The Morgan fingerprint density at radius 2 is 2.44 bits per heavy atom. The predicted octanol–water partition coefficient (Wildman–Crippen LogP) is 3.36. The van der Waals surface area contributed by atoms with Crippen molar-refractivity contribution in [1.29, 1.82) is 0 Å². The molecule has 1 atom stereocenters. The van der Waals surface area contributed by atoms with E-state index in [2.05, 4.69) is 12.2 Å². The van der Waals surface area contributed by atoms with Gasteiger partial charge in [-0.25, -0.2) is 0 Å². The summed E-state index contributed by atoms with van der Waals surface area (Å²) in [5.41, 5.74) is -0.178. The number of thiophene rings is 1. The van der Waals surface area contributed by atoms with E-state index < -0.39 is 0 Å². The number of Topliss-reactive ketones (excluding diaryl/α,β-unsaturated/α-hetero) is 1. The first-order chi connectivity index (χ1) is 7.68. The molecular weight excluding hydrogens is 242 g/mol. The molecule has 0 aromatic carbocycles. The van der Waals surface area contributed by atoms with Gasteiger partial charge in [-0.3, -0.25) is 4.79 Å². The molecule has 0 bridgehead atoms. The lowest BCUT2D eigenvalue weighted by molar-refractivity contribution is 0.0806. The highest BCUT2D eigenvalue weighted by atomic mass is 35.5. The van der Waals surface area contributed by atoms with Gasteiger partial charge in [0.1, 0.15) is 0 Å². The van der Waals surface area contributed by atoms with E-state index in [4.69, 9.17) is 11.6 Å². The molecule has 2 rings (SSSR count). The van der Waals surface area contributed by atoms with Gasteiger partial charge in [0.2, 0.25) is 0 Å². The third-order valence-electron chi connectivity index (χ3n) is 3.25. The lowest BCUT2D eigenvalue weighted by Crippen LogP contribution is -2.33. The van der Waals surface area contributed by atoms with Crippen LogP contribution < -0.4 is 5.32 Å². The van der Waals surface area contributed by atoms with Crippen molar-refractivity contribution in [3.05, 3.63) is 21.3 Å². The van der Waals surface area contributed by atoms with Crippen LogP contribution in [0.2, 0.25) is 4.34 Å². The Bertz CT molecular complexity index is 382. The zero-order valence-electron chi connectivity index (χ0n) is 9.38. The first kappa shape index (κ1) is 12.1. The van der Waals surface area contributed by atoms with E-state index in [0.717, 1.165) is 37.2 Å². The van der Waals surface area contributed by atoms with Gasteiger partial charge in [-0.2, -0.15) is 0 Å². The van der Waals surface area contributed by atoms with Gasteiger partial charge in [0.05, 0.1) is 9.21 Å². The van der Waals surface area contributed by atoms with Crippen LogP contribution in [0.25, 0.3) is 0 Å². The largest absolute Gasteiger partial charge is 0.316 e. The van der Waals surface area contributed by atoms with Gasteiger partial charge in [0.25, 0.3) is 0 Å². The van der Waals surface area contributed by atoms with Gasteiger partial charge in [0, 0.05) is 12.0 Å². The summed E-state index contributed by atoms with van der Waals surface area (Å²) in [4.78, 5) is 13.3. The first-order valence-corrected chi connectivity index (χ1v) is 6.88. The molecule has 4 heteroatoms. The SMILES string of the molecule is CCCC1(C(=O)c2ccc(Cl)s2)CCNC1. The van der Waals surface area contributed by atoms with E-state index in [1.807, 2.05) is 12.1 Å². The number of hydrogen-bond acceptors (Lipinski definition) is 3. The standard InChI is InChI=1S/C12H16ClNOS/c1-2-5-12(6-7-14-8-12)11(15)9-3-4-10(13)16-9/h3-4,14H,2,5-8H2,1H3. The fraction of sp³-hybridized carbons (Fsp3) is 0.583. The Hall–Kier alpha value is -0.380. The van der Waals surface area contributed by atoms with E-state index in [1.54, 1.807) is 0 Å². The molecule has 0 radical (unpaired) electrons. The quantitative estimate of drug-likeness (QED) is 0.838. The van der Waals surface area contributed by atoms with Crippen LogP contribution in [0.15, 0.2) is 12.1 Å². The zero-order chi connectivity index (χ0) is 11.6. The zero-order valence-corrected chi connectivity index (χ0v) is 11.0. The monoisotopic (exact) mass is 257 g/mol. The normalized spacial score (nSPS) is 24.9. The first-order valence-electron chi connectivity index (χ1n) is 5.69. The topological polar surface area (TPSA) is 29.1 Å². The maximum Gasteiger partial charge on any atom is 0.180 e. The Labute approximate surface area is 105 Å². The minimum absolute atomic E-state index is 0.178. The van der Waals surface area contributed by atoms with E-state index in [-0.39, 0.29) is 11.2 Å². The molecule has 1 aromatic rings. The van der Waals surface area contributed by atoms with Crippen LogP contribution in [0.3, 0.4) is 0 Å². The number of carbonyl (C=O) groups is 1. The molecule has 1 aliphatic heterocycles. The van der Waals surface area contributed by atoms with Gasteiger partial charge in [0.15, 0.2) is 5.78 Å². The maximum atomic E-state index is 12.5. The smallest absolute Gasteiger partial charge is 0.180 e. The lowest BCUT2D eigenvalue weighted by atomic mass is 9.78. The Balaban J connectivity index is 2.23. The molecule has 0 spiro atoms. The van der Waals surface area contributed by atoms with Crippen molar-refractivity contribution in [3.8, 4) is 0 Å². The van der Waals surface area contributed by atoms with E-state index in [9.17, 15) is 4.79 Å². The van der Waals surface area contributed by atoms with E-state index >= 15 is 0 Å². The molecule has 1 aliphatic rings. The second-order valence-corrected chi connectivity index (χ2v) is 6.11. The molecule has 1 N–H and O–H groups in total. The van der Waals surface area contributed by atoms with Crippen LogP contribution in [-0.2, 0) is 0 Å². The Morgan fingerprint density at radius 1 is 1.62 bits per heavy atom. The molecule has 1 unspecified atom stereocenters. The number of ketones is 1. The van der Waals surface area contributed by atoms with Crippen LogP contribution in [0.1, 0.15) is 35.9 Å². The third-order valence-corrected chi connectivity index (χ3v) is 4.48. The maximum absolute atomic E-state index is 12.5. The highest BCUT2D eigenvalue weighted by molar-refractivity contribution is 7.18. The average molecular weight is 258 g/mol. The van der Waals surface area contributed by atoms with Crippen molar-refractivity contribution in [1.82, 2.24) is 5.32 Å². The van der Waals surface area contributed by atoms with Crippen LogP contribution in [0.5, 0.6) is 0 Å². The number of nitrogens with one attached hydrogen (secondary N) is 1. The van der Waals surface area contributed by atoms with Crippen molar-refractivity contribution >= 4 is 28.7 Å². The van der Waals surface area contributed by atoms with Crippen LogP contribution in [0, 0.1) is 5.41 Å². The second-order valence-electron chi connectivity index (χ2n) is 4.39. The summed E-state index contributed by atoms with van der Waals surface area (Å²) in [5.74, 6) is 0.274. The Kier molecular flexibility index (Phi) is 3.67. The van der Waals surface area contributed by atoms with Crippen molar-refractivity contribution in [2.45, 2.75) is 26.2 Å². The van der Waals surface area contributed by atoms with Crippen LogP contribution >= 0.6 is 22.9 Å². The van der Waals surface area contributed by atoms with E-state index in [0.29, 0.717) is 4.34 Å². The molecule has 0 aliphatic carbocycles. The summed E-state index contributed by atoms with van der Waals surface area (Å²) in [6, 6.07) is 3.66. The summed E-state index contributed by atoms with van der Waals surface area (Å²) < 4.78 is 0.695. The summed E-state index contributed by atoms with van der Waals surface area (Å²) in [5, 5.41) is 3.31. The summed E-state index contributed by atoms with van der Waals surface area (Å²) in [6.45, 7) is 3.90. The molecule has 0 saturated carbocycles. The summed E-state index contributed by atoms with van der Waals surface area (Å²) >= 11 is 7.28. The third kappa shape index (κ3) is 2.17. The fourth-order valence-electron chi connectivity index (χ4n) is 2.44. The van der Waals surface area contributed by atoms with Crippen molar-refractivity contribution in [2.75, 3.05) is 13.1 Å². The molecule has 88 valence electrons. The van der Waals surface area contributed by atoms with Crippen LogP contribution in [0.4, 0.5) is 0 Å². The minimum Gasteiger partial charge on any atom is -0.316 e. The molecule has 1 fully saturated rings. The highest BCUT2D eigenvalue weighted by Crippen LogP contribution is 2.37. The van der Waals surface area contributed by atoms with Crippen molar-refractivity contribution in [3.63, 3.8) is 0 Å². The van der Waals surface area contributed by atoms with Crippen LogP contribution in [-0.4, -0.2) is 18.9 Å². The summed E-state index contributed by atoms with van der Waals surface area (Å²) in [7, 11) is 0. The van der Waals surface area contributed by atoms with E-state index in [1.165, 1.54) is 11.3 Å².